The maximum absolute atomic E-state index is 12.4. The Hall–Kier alpha value is -3.61. The minimum Gasteiger partial charge on any atom is -0.497 e. The average Bonchev–Trinajstić information content (AvgIpc) is 3.12. The summed E-state index contributed by atoms with van der Waals surface area (Å²) >= 11 is 0. The summed E-state index contributed by atoms with van der Waals surface area (Å²) in [7, 11) is 2.84. The Morgan fingerprint density at radius 2 is 1.73 bits per heavy atom. The molecular weight excluding hydrogens is 336 g/mol. The van der Waals surface area contributed by atoms with E-state index in [0.717, 1.165) is 5.56 Å². The largest absolute Gasteiger partial charge is 0.497 e. The van der Waals surface area contributed by atoms with Gasteiger partial charge in [-0.05, 0) is 29.8 Å². The first-order valence-corrected chi connectivity index (χ1v) is 7.74. The number of nitro benzene ring substituents is 1. The fraction of sp³-hybridized carbons (Fsp3) is 0.105. The number of nitro groups is 1. The molecule has 7 nitrogen and oxygen atoms in total. The molecule has 0 atom stereocenters. The predicted octanol–water partition coefficient (Wildman–Crippen LogP) is 3.85. The second-order valence-electron chi connectivity index (χ2n) is 5.41. The number of methoxy groups -OCH3 is 2. The van der Waals surface area contributed by atoms with E-state index in [1.165, 1.54) is 17.7 Å². The molecule has 0 aliphatic heterocycles. The van der Waals surface area contributed by atoms with E-state index in [2.05, 4.69) is 0 Å². The van der Waals surface area contributed by atoms with Gasteiger partial charge in [-0.25, -0.2) is 4.79 Å². The van der Waals surface area contributed by atoms with Crippen LogP contribution in [0.15, 0.2) is 60.8 Å². The SMILES string of the molecule is COC(=O)c1c(-c2ccc(OC)cc2)ccn1-c1ccccc1[N+](=O)[O-]. The van der Waals surface area contributed by atoms with E-state index < -0.39 is 10.9 Å². The van der Waals surface area contributed by atoms with Crippen LogP contribution < -0.4 is 4.74 Å². The highest BCUT2D eigenvalue weighted by atomic mass is 16.6. The van der Waals surface area contributed by atoms with Crippen LogP contribution >= 0.6 is 0 Å². The minimum atomic E-state index is -0.584. The van der Waals surface area contributed by atoms with Gasteiger partial charge in [-0.15, -0.1) is 0 Å². The maximum atomic E-state index is 12.4. The van der Waals surface area contributed by atoms with E-state index in [1.807, 2.05) is 12.1 Å². The number of carbonyl (C=O) groups is 1. The van der Waals surface area contributed by atoms with Gasteiger partial charge in [0.15, 0.2) is 0 Å². The third-order valence-corrected chi connectivity index (χ3v) is 4.00. The number of ether oxygens (including phenoxy) is 2. The number of esters is 1. The van der Waals surface area contributed by atoms with Gasteiger partial charge in [0.1, 0.15) is 17.1 Å². The first kappa shape index (κ1) is 17.2. The lowest BCUT2D eigenvalue weighted by Gasteiger charge is -2.11. The van der Waals surface area contributed by atoms with Crippen molar-refractivity contribution in [3.8, 4) is 22.6 Å². The van der Waals surface area contributed by atoms with Crippen molar-refractivity contribution in [1.82, 2.24) is 4.57 Å². The van der Waals surface area contributed by atoms with Crippen LogP contribution in [0.4, 0.5) is 5.69 Å². The van der Waals surface area contributed by atoms with E-state index in [0.29, 0.717) is 11.3 Å². The first-order valence-electron chi connectivity index (χ1n) is 7.74. The Kier molecular flexibility index (Phi) is 4.70. The molecule has 1 aromatic heterocycles. The highest BCUT2D eigenvalue weighted by Crippen LogP contribution is 2.32. The summed E-state index contributed by atoms with van der Waals surface area (Å²) in [5.74, 6) is 0.102. The number of hydrogen-bond acceptors (Lipinski definition) is 5. The van der Waals surface area contributed by atoms with Gasteiger partial charge in [0, 0.05) is 17.8 Å². The van der Waals surface area contributed by atoms with E-state index >= 15 is 0 Å². The molecule has 0 spiro atoms. The summed E-state index contributed by atoms with van der Waals surface area (Å²) in [6.45, 7) is 0. The van der Waals surface area contributed by atoms with Crippen LogP contribution in [-0.4, -0.2) is 29.7 Å². The van der Waals surface area contributed by atoms with Crippen LogP contribution in [0.1, 0.15) is 10.5 Å². The lowest BCUT2D eigenvalue weighted by molar-refractivity contribution is -0.384. The maximum Gasteiger partial charge on any atom is 0.355 e. The van der Waals surface area contributed by atoms with Gasteiger partial charge in [0.25, 0.3) is 5.69 Å². The van der Waals surface area contributed by atoms with E-state index in [-0.39, 0.29) is 17.1 Å². The standard InChI is InChI=1S/C19H16N2O5/c1-25-14-9-7-13(8-10-14)15-11-12-20(18(15)19(22)26-2)16-5-3-4-6-17(16)21(23)24/h3-12H,1-2H3. The van der Waals surface area contributed by atoms with Crippen molar-refractivity contribution in [1.29, 1.82) is 0 Å². The van der Waals surface area contributed by atoms with Gasteiger partial charge in [-0.2, -0.15) is 0 Å². The van der Waals surface area contributed by atoms with E-state index in [9.17, 15) is 14.9 Å². The normalized spacial score (nSPS) is 10.4. The van der Waals surface area contributed by atoms with Gasteiger partial charge < -0.3 is 14.0 Å². The van der Waals surface area contributed by atoms with Crippen molar-refractivity contribution in [2.75, 3.05) is 14.2 Å². The Labute approximate surface area is 149 Å². The van der Waals surface area contributed by atoms with Gasteiger partial charge in [0.2, 0.25) is 0 Å². The molecule has 3 aromatic rings. The molecule has 3 rings (SSSR count). The number of nitrogens with zero attached hydrogens (tertiary/aromatic N) is 2. The van der Waals surface area contributed by atoms with Crippen molar-refractivity contribution >= 4 is 11.7 Å². The molecule has 1 heterocycles. The number of hydrogen-bond donors (Lipinski definition) is 0. The van der Waals surface area contributed by atoms with Crippen LogP contribution in [0.3, 0.4) is 0 Å². The summed E-state index contributed by atoms with van der Waals surface area (Å²) in [6, 6.07) is 15.1. The molecule has 0 radical (unpaired) electrons. The Balaban J connectivity index is 2.21. The number of para-hydroxylation sites is 2. The molecule has 0 N–H and O–H groups in total. The lowest BCUT2D eigenvalue weighted by Crippen LogP contribution is -2.11. The smallest absolute Gasteiger partial charge is 0.355 e. The van der Waals surface area contributed by atoms with Gasteiger partial charge in [0.05, 0.1) is 19.1 Å². The topological polar surface area (TPSA) is 83.6 Å². The van der Waals surface area contributed by atoms with Crippen molar-refractivity contribution in [3.63, 3.8) is 0 Å². The van der Waals surface area contributed by atoms with E-state index in [4.69, 9.17) is 9.47 Å². The Morgan fingerprint density at radius 1 is 1.04 bits per heavy atom. The summed E-state index contributed by atoms with van der Waals surface area (Å²) in [6.07, 6.45) is 1.62. The molecule has 0 unspecified atom stereocenters. The molecule has 0 aliphatic carbocycles. The molecule has 0 saturated heterocycles. The van der Waals surface area contributed by atoms with Gasteiger partial charge in [-0.3, -0.25) is 10.1 Å². The van der Waals surface area contributed by atoms with Crippen molar-refractivity contribution in [2.45, 2.75) is 0 Å². The number of rotatable bonds is 5. The fourth-order valence-corrected chi connectivity index (χ4v) is 2.76. The number of carbonyl (C=O) groups excluding carboxylic acids is 1. The third kappa shape index (κ3) is 3.02. The summed E-state index contributed by atoms with van der Waals surface area (Å²) < 4.78 is 11.5. The Morgan fingerprint density at radius 3 is 2.35 bits per heavy atom. The molecule has 0 amide bonds. The fourth-order valence-electron chi connectivity index (χ4n) is 2.76. The van der Waals surface area contributed by atoms with Crippen molar-refractivity contribution in [3.05, 3.63) is 76.6 Å². The predicted molar refractivity (Wildman–Crippen MR) is 95.8 cm³/mol. The third-order valence-electron chi connectivity index (χ3n) is 4.00. The second-order valence-corrected chi connectivity index (χ2v) is 5.41. The average molecular weight is 352 g/mol. The monoisotopic (exact) mass is 352 g/mol. The van der Waals surface area contributed by atoms with Gasteiger partial charge in [-0.1, -0.05) is 24.3 Å². The zero-order chi connectivity index (χ0) is 18.7. The van der Waals surface area contributed by atoms with Crippen molar-refractivity contribution < 1.29 is 19.2 Å². The second kappa shape index (κ2) is 7.10. The van der Waals surface area contributed by atoms with E-state index in [1.54, 1.807) is 49.7 Å². The van der Waals surface area contributed by atoms with Gasteiger partial charge >= 0.3 is 5.97 Å². The quantitative estimate of drug-likeness (QED) is 0.396. The zero-order valence-electron chi connectivity index (χ0n) is 14.2. The number of benzene rings is 2. The molecule has 26 heavy (non-hydrogen) atoms. The molecule has 0 saturated carbocycles. The van der Waals surface area contributed by atoms with Crippen LogP contribution in [0.2, 0.25) is 0 Å². The molecule has 0 aliphatic rings. The lowest BCUT2D eigenvalue weighted by atomic mass is 10.1. The van der Waals surface area contributed by atoms with Crippen LogP contribution in [0.5, 0.6) is 5.75 Å². The summed E-state index contributed by atoms with van der Waals surface area (Å²) in [4.78, 5) is 23.3. The number of aromatic nitrogens is 1. The highest BCUT2D eigenvalue weighted by Gasteiger charge is 2.24. The molecule has 0 fully saturated rings. The highest BCUT2D eigenvalue weighted by molar-refractivity contribution is 5.97. The summed E-state index contributed by atoms with van der Waals surface area (Å²) in [5.41, 5.74) is 1.78. The van der Waals surface area contributed by atoms with Crippen molar-refractivity contribution in [2.24, 2.45) is 0 Å². The molecule has 2 aromatic carbocycles. The van der Waals surface area contributed by atoms with Crippen LogP contribution in [0.25, 0.3) is 16.8 Å². The summed E-state index contributed by atoms with van der Waals surface area (Å²) in [5, 5.41) is 11.4. The zero-order valence-corrected chi connectivity index (χ0v) is 14.2. The first-order chi connectivity index (χ1) is 12.6. The van der Waals surface area contributed by atoms with Crippen LogP contribution in [0, 0.1) is 10.1 Å². The molecule has 0 bridgehead atoms. The molecular formula is C19H16N2O5. The minimum absolute atomic E-state index is 0.102. The molecule has 7 heteroatoms. The van der Waals surface area contributed by atoms with Crippen LogP contribution in [-0.2, 0) is 4.74 Å². The molecule has 132 valence electrons. The Bertz CT molecular complexity index is 960.